The summed E-state index contributed by atoms with van der Waals surface area (Å²) in [6.07, 6.45) is 4.26. The summed E-state index contributed by atoms with van der Waals surface area (Å²) < 4.78 is 0. The first kappa shape index (κ1) is 14.8. The van der Waals surface area contributed by atoms with E-state index in [2.05, 4.69) is 0 Å². The number of carboxylic acid groups (broad SMARTS) is 1. The molecule has 0 aromatic rings. The maximum atomic E-state index is 12.0. The molecule has 1 N–H and O–H groups in total. The van der Waals surface area contributed by atoms with Crippen LogP contribution in [0.25, 0.3) is 0 Å². The first-order chi connectivity index (χ1) is 9.58. The van der Waals surface area contributed by atoms with E-state index in [4.69, 9.17) is 5.11 Å². The van der Waals surface area contributed by atoms with Gasteiger partial charge in [0.05, 0.1) is 5.92 Å². The lowest BCUT2D eigenvalue weighted by Crippen LogP contribution is -2.44. The van der Waals surface area contributed by atoms with Gasteiger partial charge in [0, 0.05) is 39.0 Å². The van der Waals surface area contributed by atoms with Crippen LogP contribution in [-0.4, -0.2) is 58.9 Å². The number of piperidine rings is 2. The predicted molar refractivity (Wildman–Crippen MR) is 72.0 cm³/mol. The molecule has 112 valence electrons. The fraction of sp³-hybridized carbons (Fsp3) is 0.786. The van der Waals surface area contributed by atoms with Crippen LogP contribution in [0.2, 0.25) is 0 Å². The molecule has 1 unspecified atom stereocenters. The van der Waals surface area contributed by atoms with Crippen LogP contribution in [0.5, 0.6) is 0 Å². The molecule has 0 aliphatic carbocycles. The number of carbonyl (C=O) groups is 3. The van der Waals surface area contributed by atoms with Crippen molar-refractivity contribution in [3.8, 4) is 0 Å². The average Bonchev–Trinajstić information content (AvgIpc) is 2.46. The van der Waals surface area contributed by atoms with Gasteiger partial charge < -0.3 is 14.9 Å². The summed E-state index contributed by atoms with van der Waals surface area (Å²) >= 11 is 0. The van der Waals surface area contributed by atoms with Gasteiger partial charge in [-0.25, -0.2) is 0 Å². The van der Waals surface area contributed by atoms with Gasteiger partial charge in [0.15, 0.2) is 0 Å². The quantitative estimate of drug-likeness (QED) is 0.824. The van der Waals surface area contributed by atoms with Gasteiger partial charge in [-0.05, 0) is 25.7 Å². The van der Waals surface area contributed by atoms with E-state index in [0.717, 1.165) is 25.9 Å². The summed E-state index contributed by atoms with van der Waals surface area (Å²) in [5.41, 5.74) is 0. The molecule has 2 saturated heterocycles. The van der Waals surface area contributed by atoms with Gasteiger partial charge in [-0.1, -0.05) is 0 Å². The van der Waals surface area contributed by atoms with Crippen LogP contribution in [0.1, 0.15) is 38.5 Å². The standard InChI is InChI=1S/C14H22N2O4/c17-12-5-4-11(14(19)20)10-16(12)9-6-13(18)15-7-2-1-3-8-15/h11H,1-10H2,(H,19,20). The van der Waals surface area contributed by atoms with E-state index in [1.165, 1.54) is 11.3 Å². The van der Waals surface area contributed by atoms with Crippen LogP contribution in [0.15, 0.2) is 0 Å². The number of rotatable bonds is 4. The zero-order chi connectivity index (χ0) is 14.5. The number of amides is 2. The Morgan fingerprint density at radius 3 is 2.55 bits per heavy atom. The van der Waals surface area contributed by atoms with Gasteiger partial charge in [-0.15, -0.1) is 0 Å². The summed E-state index contributed by atoms with van der Waals surface area (Å²) in [5, 5.41) is 9.01. The van der Waals surface area contributed by atoms with Crippen molar-refractivity contribution in [1.82, 2.24) is 9.80 Å². The molecule has 2 amide bonds. The Balaban J connectivity index is 1.80. The van der Waals surface area contributed by atoms with Gasteiger partial charge in [-0.2, -0.15) is 0 Å². The Bertz CT molecular complexity index is 391. The highest BCUT2D eigenvalue weighted by Gasteiger charge is 2.30. The average molecular weight is 282 g/mol. The molecule has 0 spiro atoms. The van der Waals surface area contributed by atoms with E-state index in [-0.39, 0.29) is 24.8 Å². The lowest BCUT2D eigenvalue weighted by Gasteiger charge is -2.32. The zero-order valence-corrected chi connectivity index (χ0v) is 11.7. The second kappa shape index (κ2) is 6.72. The Kier molecular flexibility index (Phi) is 4.98. The highest BCUT2D eigenvalue weighted by molar-refractivity contribution is 5.81. The van der Waals surface area contributed by atoms with Crippen molar-refractivity contribution in [3.63, 3.8) is 0 Å². The number of nitrogens with zero attached hydrogens (tertiary/aromatic N) is 2. The first-order valence-electron chi connectivity index (χ1n) is 7.36. The van der Waals surface area contributed by atoms with Crippen LogP contribution < -0.4 is 0 Å². The molecule has 1 atom stereocenters. The lowest BCUT2D eigenvalue weighted by molar-refractivity contribution is -0.147. The third kappa shape index (κ3) is 3.71. The minimum absolute atomic E-state index is 0.0334. The topological polar surface area (TPSA) is 77.9 Å². The lowest BCUT2D eigenvalue weighted by atomic mass is 9.97. The number of likely N-dealkylation sites (tertiary alicyclic amines) is 2. The molecule has 6 heteroatoms. The largest absolute Gasteiger partial charge is 0.481 e. The van der Waals surface area contributed by atoms with Gasteiger partial charge in [0.25, 0.3) is 0 Å². The van der Waals surface area contributed by atoms with E-state index in [9.17, 15) is 14.4 Å². The van der Waals surface area contributed by atoms with Gasteiger partial charge in [-0.3, -0.25) is 14.4 Å². The van der Waals surface area contributed by atoms with Gasteiger partial charge in [0.2, 0.25) is 11.8 Å². The molecule has 0 saturated carbocycles. The summed E-state index contributed by atoms with van der Waals surface area (Å²) in [6, 6.07) is 0. The molecule has 20 heavy (non-hydrogen) atoms. The van der Waals surface area contributed by atoms with Crippen molar-refractivity contribution < 1.29 is 19.5 Å². The predicted octanol–water partition coefficient (Wildman–Crippen LogP) is 0.712. The molecule has 6 nitrogen and oxygen atoms in total. The van der Waals surface area contributed by atoms with E-state index >= 15 is 0 Å². The van der Waals surface area contributed by atoms with Crippen molar-refractivity contribution >= 4 is 17.8 Å². The van der Waals surface area contributed by atoms with E-state index < -0.39 is 11.9 Å². The third-order valence-corrected chi connectivity index (χ3v) is 4.15. The summed E-state index contributed by atoms with van der Waals surface area (Å²) in [4.78, 5) is 38.2. The second-order valence-electron chi connectivity index (χ2n) is 5.61. The SMILES string of the molecule is O=C(O)C1CCC(=O)N(CCC(=O)N2CCCCC2)C1. The minimum Gasteiger partial charge on any atom is -0.481 e. The Morgan fingerprint density at radius 1 is 1.20 bits per heavy atom. The van der Waals surface area contributed by atoms with Crippen LogP contribution in [0, 0.1) is 5.92 Å². The summed E-state index contributed by atoms with van der Waals surface area (Å²) in [5.74, 6) is -1.30. The zero-order valence-electron chi connectivity index (χ0n) is 11.7. The Morgan fingerprint density at radius 2 is 1.90 bits per heavy atom. The molecule has 2 aliphatic rings. The van der Waals surface area contributed by atoms with Crippen molar-refractivity contribution in [3.05, 3.63) is 0 Å². The molecule has 2 aliphatic heterocycles. The minimum atomic E-state index is -0.857. The number of carboxylic acids is 1. The monoisotopic (exact) mass is 282 g/mol. The molecule has 0 radical (unpaired) electrons. The highest BCUT2D eigenvalue weighted by atomic mass is 16.4. The van der Waals surface area contributed by atoms with Crippen molar-refractivity contribution in [2.75, 3.05) is 26.2 Å². The number of hydrogen-bond acceptors (Lipinski definition) is 3. The fourth-order valence-electron chi connectivity index (χ4n) is 2.86. The molecular formula is C14H22N2O4. The summed E-state index contributed by atoms with van der Waals surface area (Å²) in [6.45, 7) is 2.20. The fourth-order valence-corrected chi connectivity index (χ4v) is 2.86. The highest BCUT2D eigenvalue weighted by Crippen LogP contribution is 2.18. The molecule has 0 bridgehead atoms. The van der Waals surface area contributed by atoms with Crippen LogP contribution >= 0.6 is 0 Å². The van der Waals surface area contributed by atoms with E-state index in [1.54, 1.807) is 0 Å². The van der Waals surface area contributed by atoms with Gasteiger partial charge >= 0.3 is 5.97 Å². The van der Waals surface area contributed by atoms with Gasteiger partial charge in [0.1, 0.15) is 0 Å². The van der Waals surface area contributed by atoms with Crippen LogP contribution in [-0.2, 0) is 14.4 Å². The number of hydrogen-bond donors (Lipinski definition) is 1. The summed E-state index contributed by atoms with van der Waals surface area (Å²) in [7, 11) is 0. The number of aliphatic carboxylic acids is 1. The van der Waals surface area contributed by atoms with Crippen molar-refractivity contribution in [2.45, 2.75) is 38.5 Å². The molecular weight excluding hydrogens is 260 g/mol. The molecule has 2 rings (SSSR count). The molecule has 2 heterocycles. The number of carbonyl (C=O) groups excluding carboxylic acids is 2. The Labute approximate surface area is 118 Å². The third-order valence-electron chi connectivity index (χ3n) is 4.15. The van der Waals surface area contributed by atoms with E-state index in [0.29, 0.717) is 19.4 Å². The van der Waals surface area contributed by atoms with Crippen LogP contribution in [0.4, 0.5) is 0 Å². The van der Waals surface area contributed by atoms with E-state index in [1.807, 2.05) is 4.90 Å². The van der Waals surface area contributed by atoms with Crippen molar-refractivity contribution in [1.29, 1.82) is 0 Å². The molecule has 0 aromatic carbocycles. The smallest absolute Gasteiger partial charge is 0.308 e. The maximum absolute atomic E-state index is 12.0. The molecule has 2 fully saturated rings. The van der Waals surface area contributed by atoms with Crippen molar-refractivity contribution in [2.24, 2.45) is 5.92 Å². The second-order valence-corrected chi connectivity index (χ2v) is 5.61. The first-order valence-corrected chi connectivity index (χ1v) is 7.36. The van der Waals surface area contributed by atoms with Crippen LogP contribution in [0.3, 0.4) is 0 Å². The normalized spacial score (nSPS) is 23.8. The Hall–Kier alpha value is -1.59. The molecule has 0 aromatic heterocycles. The maximum Gasteiger partial charge on any atom is 0.308 e.